The van der Waals surface area contributed by atoms with Crippen molar-refractivity contribution < 1.29 is 19.4 Å². The second-order valence-electron chi connectivity index (χ2n) is 4.20. The van der Waals surface area contributed by atoms with Crippen molar-refractivity contribution in [2.75, 3.05) is 13.2 Å². The monoisotopic (exact) mass is 213 g/mol. The number of fused-ring (bicyclic) bond motifs is 1. The smallest absolute Gasteiger partial charge is 0.302 e. The van der Waals surface area contributed by atoms with Crippen molar-refractivity contribution in [3.8, 4) is 0 Å². The van der Waals surface area contributed by atoms with Gasteiger partial charge in [-0.25, -0.2) is 0 Å². The molecule has 2 aliphatic rings. The Hall–Kier alpha value is -1.10. The molecule has 0 saturated carbocycles. The molecular weight excluding hydrogens is 198 g/mol. The first kappa shape index (κ1) is 10.4. The Morgan fingerprint density at radius 1 is 1.67 bits per heavy atom. The van der Waals surface area contributed by atoms with E-state index in [0.717, 1.165) is 6.42 Å². The van der Waals surface area contributed by atoms with Crippen molar-refractivity contribution in [2.24, 2.45) is 5.92 Å². The first-order valence-corrected chi connectivity index (χ1v) is 5.20. The number of hydrogen-bond acceptors (Lipinski definition) is 4. The van der Waals surface area contributed by atoms with E-state index in [9.17, 15) is 14.7 Å². The summed E-state index contributed by atoms with van der Waals surface area (Å²) in [6.07, 6.45) is 0.419. The average molecular weight is 213 g/mol. The Morgan fingerprint density at radius 3 is 3.07 bits per heavy atom. The number of nitrogens with zero attached hydrogens (tertiary/aromatic N) is 1. The second-order valence-corrected chi connectivity index (χ2v) is 4.20. The van der Waals surface area contributed by atoms with Crippen LogP contribution in [0.4, 0.5) is 0 Å². The summed E-state index contributed by atoms with van der Waals surface area (Å²) in [6, 6.07) is -0.142. The van der Waals surface area contributed by atoms with Crippen LogP contribution in [-0.2, 0) is 14.3 Å². The van der Waals surface area contributed by atoms with Crippen LogP contribution in [0.2, 0.25) is 0 Å². The van der Waals surface area contributed by atoms with Gasteiger partial charge in [-0.1, -0.05) is 0 Å². The van der Waals surface area contributed by atoms with E-state index in [2.05, 4.69) is 0 Å². The lowest BCUT2D eigenvalue weighted by Crippen LogP contribution is -2.36. The zero-order valence-corrected chi connectivity index (χ0v) is 8.68. The fourth-order valence-corrected chi connectivity index (χ4v) is 2.52. The molecule has 15 heavy (non-hydrogen) atoms. The van der Waals surface area contributed by atoms with Gasteiger partial charge >= 0.3 is 5.97 Å². The molecule has 0 aliphatic carbocycles. The lowest BCUT2D eigenvalue weighted by molar-refractivity contribution is -0.142. The predicted octanol–water partition coefficient (Wildman–Crippen LogP) is -0.469. The largest absolute Gasteiger partial charge is 0.465 e. The molecule has 0 aromatic heterocycles. The van der Waals surface area contributed by atoms with E-state index in [1.54, 1.807) is 4.90 Å². The Labute approximate surface area is 88.0 Å². The quantitative estimate of drug-likeness (QED) is 0.630. The Bertz CT molecular complexity index is 291. The van der Waals surface area contributed by atoms with Crippen LogP contribution in [-0.4, -0.2) is 47.2 Å². The van der Waals surface area contributed by atoms with Crippen LogP contribution in [0.15, 0.2) is 0 Å². The van der Waals surface area contributed by atoms with E-state index in [1.165, 1.54) is 6.92 Å². The molecule has 2 saturated heterocycles. The average Bonchev–Trinajstić information content (AvgIpc) is 2.67. The van der Waals surface area contributed by atoms with Gasteiger partial charge in [-0.3, -0.25) is 9.59 Å². The molecule has 2 heterocycles. The molecule has 1 N–H and O–H groups in total. The number of aliphatic hydroxyl groups excluding tert-OH is 1. The molecule has 0 radical (unpaired) electrons. The number of aliphatic hydroxyl groups is 1. The van der Waals surface area contributed by atoms with Crippen LogP contribution in [0.5, 0.6) is 0 Å². The minimum Gasteiger partial charge on any atom is -0.465 e. The molecule has 5 nitrogen and oxygen atoms in total. The van der Waals surface area contributed by atoms with Gasteiger partial charge in [-0.05, 0) is 6.42 Å². The lowest BCUT2D eigenvalue weighted by Gasteiger charge is -2.22. The lowest BCUT2D eigenvalue weighted by atomic mass is 9.97. The number of carbonyl (C=O) groups excluding carboxylic acids is 2. The van der Waals surface area contributed by atoms with E-state index >= 15 is 0 Å². The highest BCUT2D eigenvalue weighted by Crippen LogP contribution is 2.33. The summed E-state index contributed by atoms with van der Waals surface area (Å²) < 4.78 is 4.93. The predicted molar refractivity (Wildman–Crippen MR) is 50.9 cm³/mol. The topological polar surface area (TPSA) is 66.8 Å². The highest BCUT2D eigenvalue weighted by molar-refractivity contribution is 5.80. The molecular formula is C10H15NO4. The van der Waals surface area contributed by atoms with Gasteiger partial charge in [0, 0.05) is 19.4 Å². The van der Waals surface area contributed by atoms with E-state index in [1.807, 2.05) is 0 Å². The molecule has 2 rings (SSSR count). The molecule has 0 spiro atoms. The first-order valence-electron chi connectivity index (χ1n) is 5.20. The highest BCUT2D eigenvalue weighted by Gasteiger charge is 2.47. The molecule has 84 valence electrons. The SMILES string of the molecule is CC(=O)OC[C@@H]1CCN2C(=O)CC(O)[C@H]12. The fourth-order valence-electron chi connectivity index (χ4n) is 2.52. The Morgan fingerprint density at radius 2 is 2.40 bits per heavy atom. The highest BCUT2D eigenvalue weighted by atomic mass is 16.5. The van der Waals surface area contributed by atoms with Crippen molar-refractivity contribution in [1.82, 2.24) is 4.90 Å². The Kier molecular flexibility index (Phi) is 2.65. The number of rotatable bonds is 2. The third-order valence-electron chi connectivity index (χ3n) is 3.18. The summed E-state index contributed by atoms with van der Waals surface area (Å²) in [5.41, 5.74) is 0. The number of ether oxygens (including phenoxy) is 1. The molecule has 1 amide bonds. The van der Waals surface area contributed by atoms with E-state index < -0.39 is 6.10 Å². The normalized spacial score (nSPS) is 34.4. The number of carbonyl (C=O) groups is 2. The zero-order chi connectivity index (χ0) is 11.0. The molecule has 2 aliphatic heterocycles. The minimum atomic E-state index is -0.597. The summed E-state index contributed by atoms with van der Waals surface area (Å²) in [4.78, 5) is 23.8. The summed E-state index contributed by atoms with van der Waals surface area (Å²) in [6.45, 7) is 2.34. The number of amides is 1. The van der Waals surface area contributed by atoms with Gasteiger partial charge in [-0.2, -0.15) is 0 Å². The van der Waals surface area contributed by atoms with Crippen LogP contribution >= 0.6 is 0 Å². The number of esters is 1. The van der Waals surface area contributed by atoms with Gasteiger partial charge in [0.15, 0.2) is 0 Å². The summed E-state index contributed by atoms with van der Waals surface area (Å²) in [5, 5.41) is 9.70. The van der Waals surface area contributed by atoms with Crippen molar-refractivity contribution >= 4 is 11.9 Å². The number of hydrogen-bond donors (Lipinski definition) is 1. The summed E-state index contributed by atoms with van der Waals surface area (Å²) in [7, 11) is 0. The van der Waals surface area contributed by atoms with Crippen LogP contribution in [0, 0.1) is 5.92 Å². The third kappa shape index (κ3) is 1.84. The first-order chi connectivity index (χ1) is 7.09. The summed E-state index contributed by atoms with van der Waals surface area (Å²) >= 11 is 0. The van der Waals surface area contributed by atoms with Crippen LogP contribution in [0.1, 0.15) is 19.8 Å². The fraction of sp³-hybridized carbons (Fsp3) is 0.800. The van der Waals surface area contributed by atoms with Gasteiger partial charge in [-0.15, -0.1) is 0 Å². The van der Waals surface area contributed by atoms with E-state index in [4.69, 9.17) is 4.74 Å². The standard InChI is InChI=1S/C10H15NO4/c1-6(12)15-5-7-2-3-11-9(14)4-8(13)10(7)11/h7-8,10,13H,2-5H2,1H3/t7-,8?,10-/m0/s1. The van der Waals surface area contributed by atoms with Crippen molar-refractivity contribution in [2.45, 2.75) is 31.9 Å². The molecule has 5 heteroatoms. The molecule has 3 atom stereocenters. The zero-order valence-electron chi connectivity index (χ0n) is 8.68. The molecule has 1 unspecified atom stereocenters. The second kappa shape index (κ2) is 3.81. The van der Waals surface area contributed by atoms with Gasteiger partial charge in [0.05, 0.1) is 25.2 Å². The Balaban J connectivity index is 1.98. The van der Waals surface area contributed by atoms with Gasteiger partial charge in [0.2, 0.25) is 5.91 Å². The van der Waals surface area contributed by atoms with Crippen molar-refractivity contribution in [3.05, 3.63) is 0 Å². The summed E-state index contributed by atoms with van der Waals surface area (Å²) in [5.74, 6) is -0.208. The van der Waals surface area contributed by atoms with Crippen LogP contribution in [0.3, 0.4) is 0 Å². The van der Waals surface area contributed by atoms with E-state index in [-0.39, 0.29) is 30.3 Å². The maximum absolute atomic E-state index is 11.4. The van der Waals surface area contributed by atoms with E-state index in [0.29, 0.717) is 13.2 Å². The van der Waals surface area contributed by atoms with Crippen LogP contribution < -0.4 is 0 Å². The molecule has 0 aromatic carbocycles. The van der Waals surface area contributed by atoms with Gasteiger partial charge < -0.3 is 14.7 Å². The van der Waals surface area contributed by atoms with Crippen LogP contribution in [0.25, 0.3) is 0 Å². The van der Waals surface area contributed by atoms with Crippen molar-refractivity contribution in [3.63, 3.8) is 0 Å². The molecule has 0 aromatic rings. The maximum atomic E-state index is 11.4. The third-order valence-corrected chi connectivity index (χ3v) is 3.18. The maximum Gasteiger partial charge on any atom is 0.302 e. The minimum absolute atomic E-state index is 0.0119. The molecule has 2 fully saturated rings. The van der Waals surface area contributed by atoms with Gasteiger partial charge in [0.1, 0.15) is 0 Å². The van der Waals surface area contributed by atoms with Gasteiger partial charge in [0.25, 0.3) is 0 Å². The van der Waals surface area contributed by atoms with Crippen molar-refractivity contribution in [1.29, 1.82) is 0 Å². The molecule has 0 bridgehead atoms.